The quantitative estimate of drug-likeness (QED) is 0.665. The van der Waals surface area contributed by atoms with Crippen molar-refractivity contribution in [2.75, 3.05) is 25.0 Å². The number of carbonyl (C=O) groups is 2. The van der Waals surface area contributed by atoms with E-state index in [1.165, 1.54) is 16.4 Å². The van der Waals surface area contributed by atoms with Gasteiger partial charge in [-0.15, -0.1) is 0 Å². The molecule has 0 unspecified atom stereocenters. The molecule has 1 amide bonds. The zero-order valence-electron chi connectivity index (χ0n) is 16.8. The van der Waals surface area contributed by atoms with E-state index < -0.39 is 21.9 Å². The first-order valence-corrected chi connectivity index (χ1v) is 11.2. The van der Waals surface area contributed by atoms with Crippen LogP contribution < -0.4 is 5.32 Å². The van der Waals surface area contributed by atoms with Crippen LogP contribution in [0.15, 0.2) is 29.2 Å². The van der Waals surface area contributed by atoms with E-state index in [1.54, 1.807) is 12.1 Å². The molecule has 1 aromatic carbocycles. The molecule has 1 N–H and O–H groups in total. The molecule has 1 heterocycles. The minimum absolute atomic E-state index is 0.206. The highest BCUT2D eigenvalue weighted by Gasteiger charge is 2.31. The molecule has 0 radical (unpaired) electrons. The summed E-state index contributed by atoms with van der Waals surface area (Å²) in [6.07, 6.45) is 2.93. The van der Waals surface area contributed by atoms with Gasteiger partial charge in [-0.2, -0.15) is 4.31 Å². The van der Waals surface area contributed by atoms with Crippen molar-refractivity contribution in [2.45, 2.75) is 51.3 Å². The largest absolute Gasteiger partial charge is 0.456 e. The molecule has 28 heavy (non-hydrogen) atoms. The van der Waals surface area contributed by atoms with Gasteiger partial charge in [-0.25, -0.2) is 8.42 Å². The fourth-order valence-electron chi connectivity index (χ4n) is 3.40. The van der Waals surface area contributed by atoms with Crippen molar-refractivity contribution in [1.29, 1.82) is 0 Å². The Hall–Kier alpha value is -1.93. The van der Waals surface area contributed by atoms with Gasteiger partial charge in [0.05, 0.1) is 4.90 Å². The Labute approximate surface area is 167 Å². The van der Waals surface area contributed by atoms with Crippen LogP contribution >= 0.6 is 0 Å². The minimum Gasteiger partial charge on any atom is -0.456 e. The lowest BCUT2D eigenvalue weighted by Crippen LogP contribution is -2.42. The number of hydrogen-bond acceptors (Lipinski definition) is 5. The molecule has 1 fully saturated rings. The number of ether oxygens (including phenoxy) is 1. The molecule has 1 saturated heterocycles. The van der Waals surface area contributed by atoms with E-state index in [0.29, 0.717) is 37.0 Å². The normalized spacial score (nSPS) is 20.5. The van der Waals surface area contributed by atoms with Gasteiger partial charge >= 0.3 is 5.97 Å². The van der Waals surface area contributed by atoms with Crippen molar-refractivity contribution in [2.24, 2.45) is 11.8 Å². The second-order valence-corrected chi connectivity index (χ2v) is 9.54. The van der Waals surface area contributed by atoms with Crippen LogP contribution in [0.5, 0.6) is 0 Å². The van der Waals surface area contributed by atoms with E-state index in [4.69, 9.17) is 4.74 Å². The third-order valence-electron chi connectivity index (χ3n) is 4.71. The van der Waals surface area contributed by atoms with E-state index in [2.05, 4.69) is 19.2 Å². The predicted octanol–water partition coefficient (Wildman–Crippen LogP) is 3.03. The van der Waals surface area contributed by atoms with E-state index in [0.717, 1.165) is 19.3 Å². The van der Waals surface area contributed by atoms with Gasteiger partial charge in [0.25, 0.3) is 5.91 Å². The summed E-state index contributed by atoms with van der Waals surface area (Å²) in [5, 5.41) is 2.60. The van der Waals surface area contributed by atoms with E-state index >= 15 is 0 Å². The third kappa shape index (κ3) is 6.31. The molecule has 2 atom stereocenters. The molecule has 7 nitrogen and oxygen atoms in total. The van der Waals surface area contributed by atoms with Gasteiger partial charge in [0.2, 0.25) is 10.0 Å². The van der Waals surface area contributed by atoms with Gasteiger partial charge in [-0.1, -0.05) is 27.2 Å². The molecule has 1 aromatic rings. The summed E-state index contributed by atoms with van der Waals surface area (Å²) in [5.74, 6) is -0.197. The molecule has 0 aliphatic carbocycles. The maximum atomic E-state index is 12.9. The van der Waals surface area contributed by atoms with Crippen LogP contribution in [0.2, 0.25) is 0 Å². The first kappa shape index (κ1) is 22.4. The van der Waals surface area contributed by atoms with Crippen molar-refractivity contribution >= 4 is 27.6 Å². The summed E-state index contributed by atoms with van der Waals surface area (Å²) in [6.45, 7) is 6.78. The second-order valence-electron chi connectivity index (χ2n) is 7.60. The lowest BCUT2D eigenvalue weighted by molar-refractivity contribution is -0.147. The Morgan fingerprint density at radius 1 is 1.14 bits per heavy atom. The van der Waals surface area contributed by atoms with Gasteiger partial charge in [-0.05, 0) is 48.9 Å². The van der Waals surface area contributed by atoms with Crippen molar-refractivity contribution in [1.82, 2.24) is 4.31 Å². The molecule has 0 saturated carbocycles. The Kier molecular flexibility index (Phi) is 8.00. The number of hydrogen-bond donors (Lipinski definition) is 1. The minimum atomic E-state index is -3.55. The maximum Gasteiger partial charge on any atom is 0.306 e. The van der Waals surface area contributed by atoms with Crippen LogP contribution in [0.4, 0.5) is 5.69 Å². The number of esters is 1. The number of nitrogens with zero attached hydrogens (tertiary/aromatic N) is 1. The third-order valence-corrected chi connectivity index (χ3v) is 6.56. The topological polar surface area (TPSA) is 92.8 Å². The highest BCUT2D eigenvalue weighted by molar-refractivity contribution is 7.89. The van der Waals surface area contributed by atoms with Crippen molar-refractivity contribution in [3.8, 4) is 0 Å². The zero-order chi connectivity index (χ0) is 20.7. The number of unbranched alkanes of at least 4 members (excludes halogenated alkanes) is 1. The average Bonchev–Trinajstić information content (AvgIpc) is 2.64. The summed E-state index contributed by atoms with van der Waals surface area (Å²) >= 11 is 0. The molecule has 156 valence electrons. The van der Waals surface area contributed by atoms with Crippen molar-refractivity contribution in [3.05, 3.63) is 24.3 Å². The van der Waals surface area contributed by atoms with Crippen molar-refractivity contribution < 1.29 is 22.7 Å². The van der Waals surface area contributed by atoms with E-state index in [9.17, 15) is 18.0 Å². The molecular weight excluding hydrogens is 380 g/mol. The van der Waals surface area contributed by atoms with E-state index in [-0.39, 0.29) is 11.5 Å². The number of piperidine rings is 1. The number of amides is 1. The Morgan fingerprint density at radius 3 is 2.32 bits per heavy atom. The van der Waals surface area contributed by atoms with Crippen LogP contribution in [0, 0.1) is 11.8 Å². The van der Waals surface area contributed by atoms with Gasteiger partial charge in [0.15, 0.2) is 6.61 Å². The van der Waals surface area contributed by atoms with Crippen LogP contribution in [0.1, 0.15) is 46.5 Å². The maximum absolute atomic E-state index is 12.9. The summed E-state index contributed by atoms with van der Waals surface area (Å²) in [7, 11) is -3.55. The smallest absolute Gasteiger partial charge is 0.306 e. The predicted molar refractivity (Wildman–Crippen MR) is 107 cm³/mol. The molecule has 2 rings (SSSR count). The monoisotopic (exact) mass is 410 g/mol. The number of nitrogens with one attached hydrogen (secondary N) is 1. The molecule has 1 aliphatic rings. The lowest BCUT2D eigenvalue weighted by Gasteiger charge is -2.34. The second kappa shape index (κ2) is 10.0. The average molecular weight is 411 g/mol. The highest BCUT2D eigenvalue weighted by Crippen LogP contribution is 2.27. The molecule has 1 aliphatic heterocycles. The zero-order valence-corrected chi connectivity index (χ0v) is 17.6. The fourth-order valence-corrected chi connectivity index (χ4v) is 5.08. The lowest BCUT2D eigenvalue weighted by atomic mass is 9.94. The number of anilines is 1. The van der Waals surface area contributed by atoms with Gasteiger partial charge in [0.1, 0.15) is 0 Å². The number of rotatable bonds is 8. The van der Waals surface area contributed by atoms with Crippen LogP contribution in [-0.2, 0) is 24.3 Å². The highest BCUT2D eigenvalue weighted by atomic mass is 32.2. The molecule has 0 bridgehead atoms. The molecule has 8 heteroatoms. The summed E-state index contributed by atoms with van der Waals surface area (Å²) in [5.41, 5.74) is 0.453. The summed E-state index contributed by atoms with van der Waals surface area (Å²) in [4.78, 5) is 23.5. The summed E-state index contributed by atoms with van der Waals surface area (Å²) in [6, 6.07) is 6.06. The van der Waals surface area contributed by atoms with Crippen LogP contribution in [0.25, 0.3) is 0 Å². The number of carbonyl (C=O) groups excluding carboxylic acids is 2. The Bertz CT molecular complexity index is 766. The van der Waals surface area contributed by atoms with Crippen LogP contribution in [-0.4, -0.2) is 44.3 Å². The Morgan fingerprint density at radius 2 is 1.75 bits per heavy atom. The fraction of sp³-hybridized carbons (Fsp3) is 0.600. The van der Waals surface area contributed by atoms with Crippen LogP contribution in [0.3, 0.4) is 0 Å². The summed E-state index contributed by atoms with van der Waals surface area (Å²) < 4.78 is 32.2. The SMILES string of the molecule is CCCCC(=O)OCC(=O)Nc1ccc(S(=O)(=O)N2C[C@H](C)C[C@H](C)C2)cc1. The standard InChI is InChI=1S/C20H30N2O5S/c1-4-5-6-20(24)27-14-19(23)21-17-7-9-18(10-8-17)28(25,26)22-12-15(2)11-16(3)13-22/h7-10,15-16H,4-6,11-14H2,1-3H3,(H,21,23)/t15-,16+. The van der Waals surface area contributed by atoms with Gasteiger partial charge < -0.3 is 10.1 Å². The van der Waals surface area contributed by atoms with E-state index in [1.807, 2.05) is 6.92 Å². The number of benzene rings is 1. The molecular formula is C20H30N2O5S. The van der Waals surface area contributed by atoms with Gasteiger partial charge in [0, 0.05) is 25.2 Å². The number of sulfonamides is 1. The molecule has 0 aromatic heterocycles. The van der Waals surface area contributed by atoms with Crippen molar-refractivity contribution in [3.63, 3.8) is 0 Å². The molecule has 0 spiro atoms. The van der Waals surface area contributed by atoms with Gasteiger partial charge in [-0.3, -0.25) is 9.59 Å². The Balaban J connectivity index is 1.93. The first-order chi connectivity index (χ1) is 13.2. The first-order valence-electron chi connectivity index (χ1n) is 9.78.